The second-order valence-corrected chi connectivity index (χ2v) is 29.8. The Kier molecular flexibility index (Phi) is 33.4. The van der Waals surface area contributed by atoms with E-state index in [1.165, 1.54) is 104 Å². The van der Waals surface area contributed by atoms with Crippen molar-refractivity contribution >= 4 is 76.7 Å². The van der Waals surface area contributed by atoms with Crippen LogP contribution in [-0.2, 0) is 52.7 Å². The zero-order chi connectivity index (χ0) is 70.7. The van der Waals surface area contributed by atoms with Crippen molar-refractivity contribution < 1.29 is 57.8 Å². The minimum Gasteiger partial charge on any atom is -0.390 e. The van der Waals surface area contributed by atoms with Gasteiger partial charge in [0.2, 0.25) is 59.1 Å². The Morgan fingerprint density at radius 2 is 1.00 bits per heavy atom. The number of carbonyl (C=O) groups is 11. The Morgan fingerprint density at radius 3 is 1.48 bits per heavy atom. The molecular formula is C67H120N12O12S. The number of amides is 11. The fourth-order valence-corrected chi connectivity index (χ4v) is 13.8. The normalized spacial score (nSPS) is 27.8. The molecule has 25 heteroatoms. The van der Waals surface area contributed by atoms with E-state index in [2.05, 4.69) is 26.6 Å². The average molecular weight is 1320 g/mol. The molecule has 0 radical (unpaired) electrons. The quantitative estimate of drug-likeness (QED) is 0.112. The van der Waals surface area contributed by atoms with Crippen LogP contribution in [0, 0.1) is 41.4 Å². The second-order valence-electron chi connectivity index (χ2n) is 28.2. The van der Waals surface area contributed by atoms with Crippen LogP contribution >= 0.6 is 11.8 Å². The van der Waals surface area contributed by atoms with Gasteiger partial charge in [0.25, 0.3) is 5.91 Å². The lowest BCUT2D eigenvalue weighted by molar-refractivity contribution is -0.159. The lowest BCUT2D eigenvalue weighted by atomic mass is 9.91. The molecule has 12 atom stereocenters. The molecule has 2 saturated heterocycles. The first-order valence-corrected chi connectivity index (χ1v) is 34.3. The fourth-order valence-electron chi connectivity index (χ4n) is 12.0. The Bertz CT molecular complexity index is 2540. The smallest absolute Gasteiger partial charge is 0.259 e. The highest BCUT2D eigenvalue weighted by Gasteiger charge is 2.55. The minimum atomic E-state index is -1.79. The van der Waals surface area contributed by atoms with E-state index in [0.29, 0.717) is 32.4 Å². The van der Waals surface area contributed by atoms with Gasteiger partial charge in [0, 0.05) is 54.6 Å². The molecule has 526 valence electrons. The maximum absolute atomic E-state index is 16.3. The van der Waals surface area contributed by atoms with Gasteiger partial charge in [-0.3, -0.25) is 52.7 Å². The number of hydrogen-bond acceptors (Lipinski definition) is 14. The molecule has 2 aliphatic rings. The van der Waals surface area contributed by atoms with Crippen molar-refractivity contribution in [2.24, 2.45) is 41.4 Å². The van der Waals surface area contributed by atoms with Crippen LogP contribution in [0.5, 0.6) is 0 Å². The van der Waals surface area contributed by atoms with Crippen molar-refractivity contribution in [2.45, 2.75) is 240 Å². The molecule has 2 heterocycles. The molecule has 2 rings (SSSR count). The Labute approximate surface area is 555 Å². The van der Waals surface area contributed by atoms with Gasteiger partial charge in [-0.2, -0.15) is 0 Å². The topological polar surface area (TPSA) is 291 Å². The van der Waals surface area contributed by atoms with E-state index in [-0.39, 0.29) is 61.0 Å². The molecule has 6 N–H and O–H groups in total. The van der Waals surface area contributed by atoms with E-state index in [0.717, 1.165) is 4.90 Å². The van der Waals surface area contributed by atoms with Crippen LogP contribution in [0.25, 0.3) is 0 Å². The van der Waals surface area contributed by atoms with Crippen molar-refractivity contribution in [1.82, 2.24) is 60.9 Å². The standard InChI is InChI=1S/C67H120N12O12S/c1-25-27-28-44(15)56(81)55-60(85)71-48(26-2)62(87)73(18)37-53(80)74(19)49(33-38(3)4)59(84)72-54(42(11)12)65(90)75(20)50(34-39(5)6)58(83)69-45(16)57(82)70-46(17)61(86)76(21)51(35-40(7)8)63(88)77(22)52(36-41(9)10)64(89)79(24)67(43(13)14,66(91)78(55)23)92-47-29-31-68-32-30-47/h25,27,38-52,54-56,68,81H,26,28-37H2,1-24H3,(H,69,83)(H,70,82)(H,71,85)(H,72,84)/b27-25+/t44-,45+,46-,48+,49+,50+,51+,52+,54+,55+,56-,67+/m1/s1. The second kappa shape index (κ2) is 37.3. The van der Waals surface area contributed by atoms with Crippen LogP contribution in [0.3, 0.4) is 0 Å². The molecule has 2 aliphatic heterocycles. The molecule has 0 aromatic heterocycles. The summed E-state index contributed by atoms with van der Waals surface area (Å²) < 4.78 is 0. The van der Waals surface area contributed by atoms with Crippen molar-refractivity contribution in [3.05, 3.63) is 12.2 Å². The van der Waals surface area contributed by atoms with E-state index < -0.39 is 155 Å². The summed E-state index contributed by atoms with van der Waals surface area (Å²) in [5, 5.41) is 26.8. The van der Waals surface area contributed by atoms with Gasteiger partial charge in [0.1, 0.15) is 54.4 Å². The van der Waals surface area contributed by atoms with Crippen LogP contribution < -0.4 is 26.6 Å². The summed E-state index contributed by atoms with van der Waals surface area (Å²) in [6, 6.07) is -11.2. The number of carbonyl (C=O) groups excluding carboxylic acids is 11. The number of thioether (sulfide) groups is 1. The molecule has 0 aromatic carbocycles. The van der Waals surface area contributed by atoms with Crippen LogP contribution in [0.2, 0.25) is 0 Å². The number of rotatable bonds is 17. The number of nitrogens with zero attached hydrogens (tertiary/aromatic N) is 7. The molecule has 2 fully saturated rings. The van der Waals surface area contributed by atoms with Crippen LogP contribution in [0.15, 0.2) is 12.2 Å². The predicted molar refractivity (Wildman–Crippen MR) is 361 cm³/mol. The van der Waals surface area contributed by atoms with Gasteiger partial charge >= 0.3 is 0 Å². The number of hydrogen-bond donors (Lipinski definition) is 6. The Balaban J connectivity index is 3.13. The average Bonchev–Trinajstić information content (AvgIpc) is 0.757. The number of allylic oxidation sites excluding steroid dienone is 2. The van der Waals surface area contributed by atoms with E-state index in [4.69, 9.17) is 0 Å². The molecule has 0 saturated carbocycles. The summed E-state index contributed by atoms with van der Waals surface area (Å²) in [5.74, 6) is -9.80. The van der Waals surface area contributed by atoms with Gasteiger partial charge in [0.15, 0.2) is 4.87 Å². The predicted octanol–water partition coefficient (Wildman–Crippen LogP) is 4.08. The highest BCUT2D eigenvalue weighted by Crippen LogP contribution is 2.44. The number of aliphatic hydroxyl groups excluding tert-OH is 1. The molecule has 11 amide bonds. The third-order valence-corrected chi connectivity index (χ3v) is 20.0. The first kappa shape index (κ1) is 82.3. The molecular weight excluding hydrogens is 1200 g/mol. The number of likely N-dealkylation sites (N-methyl/N-ethyl adjacent to an activating group) is 7. The number of piperidine rings is 1. The van der Waals surface area contributed by atoms with Crippen molar-refractivity contribution in [2.75, 3.05) is 69.0 Å². The summed E-state index contributed by atoms with van der Waals surface area (Å²) in [4.78, 5) is 171. The summed E-state index contributed by atoms with van der Waals surface area (Å²) in [6.07, 6.45) is 4.25. The van der Waals surface area contributed by atoms with E-state index in [1.807, 2.05) is 82.2 Å². The van der Waals surface area contributed by atoms with Gasteiger partial charge in [0.05, 0.1) is 12.6 Å². The third kappa shape index (κ3) is 21.9. The van der Waals surface area contributed by atoms with E-state index in [1.54, 1.807) is 33.8 Å². The molecule has 0 bridgehead atoms. The van der Waals surface area contributed by atoms with Crippen molar-refractivity contribution in [3.8, 4) is 0 Å². The molecule has 0 spiro atoms. The lowest BCUT2D eigenvalue weighted by Crippen LogP contribution is -2.68. The van der Waals surface area contributed by atoms with E-state index >= 15 is 19.2 Å². The van der Waals surface area contributed by atoms with Gasteiger partial charge in [-0.05, 0) is 127 Å². The van der Waals surface area contributed by atoms with Gasteiger partial charge in [-0.25, -0.2) is 0 Å². The van der Waals surface area contributed by atoms with Gasteiger partial charge in [-0.1, -0.05) is 109 Å². The van der Waals surface area contributed by atoms with Crippen LogP contribution in [0.4, 0.5) is 0 Å². The Morgan fingerprint density at radius 1 is 0.543 bits per heavy atom. The molecule has 0 aromatic rings. The summed E-state index contributed by atoms with van der Waals surface area (Å²) in [7, 11) is 10.1. The SMILES string of the molecule is C/C=C/C[C@@H](C)[C@@H](O)[C@H]1C(=O)N[C@@H](CC)C(=O)N(C)CC(=O)N(C)[C@@H](CC(C)C)C(=O)N[C@@H](C(C)C)C(=O)N(C)[C@@H](CC(C)C)C(=O)N[C@@H](C)C(=O)N[C@H](C)C(=O)N(C)[C@@H](CC(C)C)C(=O)N(C)[C@@H](CC(C)C)C(=O)N(C)[C@](SC2CCNCC2)(C(C)C)C(=O)N1C. The third-order valence-electron chi connectivity index (χ3n) is 18.0. The summed E-state index contributed by atoms with van der Waals surface area (Å²) >= 11 is 1.30. The molecule has 92 heavy (non-hydrogen) atoms. The summed E-state index contributed by atoms with van der Waals surface area (Å²) in [6.45, 7) is 31.0. The van der Waals surface area contributed by atoms with E-state index in [9.17, 15) is 38.7 Å². The number of aliphatic hydroxyl groups is 1. The zero-order valence-corrected chi connectivity index (χ0v) is 61.1. The minimum absolute atomic E-state index is 0.0158. The molecule has 24 nitrogen and oxygen atoms in total. The fraction of sp³-hybridized carbons (Fsp3) is 0.806. The maximum atomic E-state index is 16.3. The largest absolute Gasteiger partial charge is 0.390 e. The highest BCUT2D eigenvalue weighted by atomic mass is 32.2. The summed E-state index contributed by atoms with van der Waals surface area (Å²) in [5.41, 5.74) is 0. The van der Waals surface area contributed by atoms with Crippen LogP contribution in [0.1, 0.15) is 169 Å². The molecule has 0 unspecified atom stereocenters. The first-order valence-electron chi connectivity index (χ1n) is 33.4. The number of nitrogens with one attached hydrogen (secondary N) is 5. The Hall–Kier alpha value is -5.82. The van der Waals surface area contributed by atoms with Crippen LogP contribution in [-0.4, -0.2) is 244 Å². The first-order chi connectivity index (χ1) is 42.7. The van der Waals surface area contributed by atoms with Gasteiger partial charge in [-0.15, -0.1) is 11.8 Å². The lowest BCUT2D eigenvalue weighted by Gasteiger charge is -2.49. The maximum Gasteiger partial charge on any atom is 0.259 e. The monoisotopic (exact) mass is 1320 g/mol. The van der Waals surface area contributed by atoms with Gasteiger partial charge < -0.3 is 66.0 Å². The molecule has 0 aliphatic carbocycles. The zero-order valence-electron chi connectivity index (χ0n) is 60.3. The van der Waals surface area contributed by atoms with Crippen molar-refractivity contribution in [1.29, 1.82) is 0 Å². The van der Waals surface area contributed by atoms with Crippen molar-refractivity contribution in [3.63, 3.8) is 0 Å². The highest BCUT2D eigenvalue weighted by molar-refractivity contribution is 8.02.